The first-order chi connectivity index (χ1) is 7.18. The summed E-state index contributed by atoms with van der Waals surface area (Å²) in [6.07, 6.45) is 1.74. The van der Waals surface area contributed by atoms with E-state index in [0.29, 0.717) is 19.1 Å². The van der Waals surface area contributed by atoms with Gasteiger partial charge in [0.25, 0.3) is 0 Å². The third-order valence-corrected chi connectivity index (χ3v) is 3.10. The Kier molecular flexibility index (Phi) is 2.31. The van der Waals surface area contributed by atoms with Crippen molar-refractivity contribution in [1.82, 2.24) is 0 Å². The molecule has 1 aromatic carbocycles. The van der Waals surface area contributed by atoms with Crippen LogP contribution >= 0.6 is 0 Å². The fourth-order valence-corrected chi connectivity index (χ4v) is 2.24. The summed E-state index contributed by atoms with van der Waals surface area (Å²) >= 11 is 0. The van der Waals surface area contributed by atoms with Crippen LogP contribution in [0.15, 0.2) is 24.3 Å². The van der Waals surface area contributed by atoms with E-state index in [1.54, 1.807) is 0 Å². The second-order valence-electron chi connectivity index (χ2n) is 4.08. The summed E-state index contributed by atoms with van der Waals surface area (Å²) in [7, 11) is 0. The van der Waals surface area contributed by atoms with Crippen molar-refractivity contribution in [3.05, 3.63) is 35.4 Å². The van der Waals surface area contributed by atoms with Crippen molar-refractivity contribution in [2.24, 2.45) is 5.41 Å². The zero-order valence-electron chi connectivity index (χ0n) is 8.27. The molecule has 2 rings (SSSR count). The van der Waals surface area contributed by atoms with E-state index in [-0.39, 0.29) is 6.42 Å². The highest BCUT2D eigenvalue weighted by atomic mass is 16.4. The maximum Gasteiger partial charge on any atom is 0.310 e. The molecule has 15 heavy (non-hydrogen) atoms. The van der Waals surface area contributed by atoms with Crippen LogP contribution in [0.4, 0.5) is 0 Å². The molecule has 1 aromatic rings. The van der Waals surface area contributed by atoms with E-state index in [9.17, 15) is 14.7 Å². The summed E-state index contributed by atoms with van der Waals surface area (Å²) in [4.78, 5) is 21.8. The minimum atomic E-state index is -0.897. The number of carboxylic acid groups (broad SMARTS) is 1. The third-order valence-electron chi connectivity index (χ3n) is 3.10. The summed E-state index contributed by atoms with van der Waals surface area (Å²) in [6, 6.07) is 7.67. The van der Waals surface area contributed by atoms with Crippen LogP contribution in [-0.4, -0.2) is 17.4 Å². The van der Waals surface area contributed by atoms with Gasteiger partial charge in [0.2, 0.25) is 0 Å². The molecule has 0 amide bonds. The Morgan fingerprint density at radius 2 is 1.87 bits per heavy atom. The maximum absolute atomic E-state index is 11.2. The molecule has 0 unspecified atom stereocenters. The molecule has 0 aromatic heterocycles. The van der Waals surface area contributed by atoms with Crippen molar-refractivity contribution in [2.45, 2.75) is 19.3 Å². The monoisotopic (exact) mass is 204 g/mol. The smallest absolute Gasteiger partial charge is 0.310 e. The Morgan fingerprint density at radius 3 is 2.27 bits per heavy atom. The molecule has 0 radical (unpaired) electrons. The highest BCUT2D eigenvalue weighted by molar-refractivity contribution is 5.80. The number of fused-ring (bicyclic) bond motifs is 1. The average molecular weight is 204 g/mol. The van der Waals surface area contributed by atoms with Crippen LogP contribution < -0.4 is 0 Å². The largest absolute Gasteiger partial charge is 0.481 e. The molecule has 78 valence electrons. The van der Waals surface area contributed by atoms with Gasteiger partial charge in [-0.15, -0.1) is 0 Å². The Morgan fingerprint density at radius 1 is 1.33 bits per heavy atom. The predicted octanol–water partition coefficient (Wildman–Crippen LogP) is 1.45. The first-order valence-electron chi connectivity index (χ1n) is 4.92. The van der Waals surface area contributed by atoms with Gasteiger partial charge in [-0.05, 0) is 24.0 Å². The van der Waals surface area contributed by atoms with Gasteiger partial charge < -0.3 is 9.90 Å². The van der Waals surface area contributed by atoms with Gasteiger partial charge in [0.05, 0.1) is 5.41 Å². The topological polar surface area (TPSA) is 54.4 Å². The lowest BCUT2D eigenvalue weighted by Gasteiger charge is -2.20. The van der Waals surface area contributed by atoms with E-state index in [2.05, 4.69) is 0 Å². The van der Waals surface area contributed by atoms with Gasteiger partial charge in [-0.1, -0.05) is 24.3 Å². The number of aldehydes is 1. The van der Waals surface area contributed by atoms with Gasteiger partial charge in [-0.25, -0.2) is 0 Å². The zero-order chi connectivity index (χ0) is 10.9. The number of hydrogen-bond donors (Lipinski definition) is 1. The van der Waals surface area contributed by atoms with Crippen molar-refractivity contribution in [3.63, 3.8) is 0 Å². The van der Waals surface area contributed by atoms with Crippen LogP contribution in [0.3, 0.4) is 0 Å². The molecule has 0 saturated heterocycles. The first-order valence-corrected chi connectivity index (χ1v) is 4.92. The molecule has 0 aliphatic heterocycles. The van der Waals surface area contributed by atoms with Gasteiger partial charge in [-0.2, -0.15) is 0 Å². The van der Waals surface area contributed by atoms with E-state index in [0.717, 1.165) is 11.1 Å². The quantitative estimate of drug-likeness (QED) is 0.758. The van der Waals surface area contributed by atoms with Crippen molar-refractivity contribution in [1.29, 1.82) is 0 Å². The average Bonchev–Trinajstić information content (AvgIpc) is 2.57. The fraction of sp³-hybridized carbons (Fsp3) is 0.333. The summed E-state index contributed by atoms with van der Waals surface area (Å²) in [6.45, 7) is 0. The van der Waals surface area contributed by atoms with Crippen LogP contribution in [0, 0.1) is 5.41 Å². The summed E-state index contributed by atoms with van der Waals surface area (Å²) < 4.78 is 0. The molecule has 0 heterocycles. The lowest BCUT2D eigenvalue weighted by molar-refractivity contribution is -0.149. The highest BCUT2D eigenvalue weighted by Crippen LogP contribution is 2.39. The Hall–Kier alpha value is -1.64. The van der Waals surface area contributed by atoms with Crippen molar-refractivity contribution >= 4 is 12.3 Å². The van der Waals surface area contributed by atoms with Gasteiger partial charge >= 0.3 is 5.97 Å². The van der Waals surface area contributed by atoms with Crippen LogP contribution in [0.25, 0.3) is 0 Å². The van der Waals surface area contributed by atoms with Gasteiger partial charge in [0.1, 0.15) is 6.29 Å². The molecule has 0 fully saturated rings. The van der Waals surface area contributed by atoms with E-state index in [1.165, 1.54) is 0 Å². The predicted molar refractivity (Wildman–Crippen MR) is 54.6 cm³/mol. The highest BCUT2D eigenvalue weighted by Gasteiger charge is 2.43. The molecule has 1 N–H and O–H groups in total. The number of benzene rings is 1. The second kappa shape index (κ2) is 3.50. The summed E-state index contributed by atoms with van der Waals surface area (Å²) in [5.41, 5.74) is 1.22. The van der Waals surface area contributed by atoms with E-state index < -0.39 is 11.4 Å². The van der Waals surface area contributed by atoms with Crippen molar-refractivity contribution in [2.75, 3.05) is 0 Å². The van der Waals surface area contributed by atoms with E-state index >= 15 is 0 Å². The van der Waals surface area contributed by atoms with Gasteiger partial charge in [0.15, 0.2) is 0 Å². The molecule has 3 nitrogen and oxygen atoms in total. The molecular formula is C12H12O3. The van der Waals surface area contributed by atoms with Gasteiger partial charge in [-0.3, -0.25) is 4.79 Å². The van der Waals surface area contributed by atoms with E-state index in [1.807, 2.05) is 24.3 Å². The van der Waals surface area contributed by atoms with Crippen molar-refractivity contribution in [3.8, 4) is 0 Å². The second-order valence-corrected chi connectivity index (χ2v) is 4.08. The molecule has 0 bridgehead atoms. The Balaban J connectivity index is 2.36. The first kappa shape index (κ1) is 9.90. The number of aliphatic carboxylic acids is 1. The molecule has 1 aliphatic carbocycles. The molecule has 0 saturated carbocycles. The van der Waals surface area contributed by atoms with Crippen LogP contribution in [0.2, 0.25) is 0 Å². The number of carbonyl (C=O) groups is 2. The standard InChI is InChI=1S/C12H12O3/c13-6-5-12(11(14)15)7-9-3-1-2-4-10(9)8-12/h1-4,6H,5,7-8H2,(H,14,15). The van der Waals surface area contributed by atoms with Crippen LogP contribution in [-0.2, 0) is 22.4 Å². The molecule has 3 heteroatoms. The minimum absolute atomic E-state index is 0.0943. The number of carboxylic acids is 1. The molecular weight excluding hydrogens is 192 g/mol. The number of rotatable bonds is 3. The normalized spacial score (nSPS) is 17.1. The molecule has 1 aliphatic rings. The van der Waals surface area contributed by atoms with Crippen molar-refractivity contribution < 1.29 is 14.7 Å². The number of carbonyl (C=O) groups excluding carboxylic acids is 1. The van der Waals surface area contributed by atoms with E-state index in [4.69, 9.17) is 0 Å². The Bertz CT molecular complexity index is 384. The SMILES string of the molecule is O=CCC1(C(=O)O)Cc2ccccc2C1. The summed E-state index contributed by atoms with van der Waals surface area (Å²) in [5, 5.41) is 9.21. The van der Waals surface area contributed by atoms with Crippen LogP contribution in [0.5, 0.6) is 0 Å². The third kappa shape index (κ3) is 1.54. The lowest BCUT2D eigenvalue weighted by Crippen LogP contribution is -2.32. The number of hydrogen-bond acceptors (Lipinski definition) is 2. The molecule has 0 spiro atoms. The van der Waals surface area contributed by atoms with Gasteiger partial charge in [0, 0.05) is 6.42 Å². The zero-order valence-corrected chi connectivity index (χ0v) is 8.27. The maximum atomic E-state index is 11.2. The fourth-order valence-electron chi connectivity index (χ4n) is 2.24. The summed E-state index contributed by atoms with van der Waals surface area (Å²) in [5.74, 6) is -0.870. The lowest BCUT2D eigenvalue weighted by atomic mass is 9.82. The Labute approximate surface area is 87.7 Å². The molecule has 0 atom stereocenters. The minimum Gasteiger partial charge on any atom is -0.481 e. The van der Waals surface area contributed by atoms with Crippen LogP contribution in [0.1, 0.15) is 17.5 Å².